The van der Waals surface area contributed by atoms with E-state index in [1.807, 2.05) is 59.5 Å². The molecular weight excluding hydrogens is 438 g/mol. The number of carbonyl (C=O) groups is 2. The topological polar surface area (TPSA) is 62.7 Å². The zero-order valence-electron chi connectivity index (χ0n) is 20.4. The molecule has 2 fully saturated rings. The minimum Gasteiger partial charge on any atom is -0.497 e. The van der Waals surface area contributed by atoms with Gasteiger partial charge in [0.25, 0.3) is 5.91 Å². The summed E-state index contributed by atoms with van der Waals surface area (Å²) in [4.78, 5) is 35.7. The van der Waals surface area contributed by atoms with E-state index in [9.17, 15) is 9.59 Å². The van der Waals surface area contributed by atoms with Gasteiger partial charge in [0.2, 0.25) is 5.91 Å². The number of benzene rings is 2. The molecule has 2 aromatic carbocycles. The first kappa shape index (κ1) is 23.3. The number of ether oxygens (including phenoxy) is 1. The van der Waals surface area contributed by atoms with Crippen LogP contribution in [0.2, 0.25) is 0 Å². The van der Waals surface area contributed by atoms with Gasteiger partial charge in [0.15, 0.2) is 0 Å². The van der Waals surface area contributed by atoms with Crippen LogP contribution in [0.5, 0.6) is 5.75 Å². The van der Waals surface area contributed by atoms with Crippen molar-refractivity contribution in [3.63, 3.8) is 0 Å². The zero-order valence-corrected chi connectivity index (χ0v) is 20.4. The average Bonchev–Trinajstić information content (AvgIpc) is 3.21. The number of methoxy groups -OCH3 is 1. The van der Waals surface area contributed by atoms with Crippen molar-refractivity contribution in [2.75, 3.05) is 33.3 Å². The predicted molar refractivity (Wildman–Crippen MR) is 137 cm³/mol. The highest BCUT2D eigenvalue weighted by atomic mass is 16.5. The molecule has 3 heterocycles. The Hall–Kier alpha value is -3.41. The van der Waals surface area contributed by atoms with Gasteiger partial charge in [0.05, 0.1) is 23.9 Å². The lowest BCUT2D eigenvalue weighted by molar-refractivity contribution is -0.136. The molecule has 2 amide bonds. The standard InChI is InChI=1S/C29H33N3O3/c1-35-23-11-12-26-24(19-23)25(20-27(30-26)21-9-5-4-6-10-21)29(34)32-17-13-22(14-18-32)28(33)31-15-7-2-3-8-16-31/h4-6,9-12,19-20,22H,2-3,7-8,13-18H2,1H3. The SMILES string of the molecule is COc1ccc2nc(-c3ccccc3)cc(C(=O)N3CCC(C(=O)N4CCCCCC4)CC3)c2c1. The van der Waals surface area contributed by atoms with Crippen molar-refractivity contribution in [3.05, 3.63) is 60.2 Å². The van der Waals surface area contributed by atoms with Gasteiger partial charge in [0.1, 0.15) is 5.75 Å². The van der Waals surface area contributed by atoms with Gasteiger partial charge >= 0.3 is 0 Å². The number of rotatable bonds is 4. The van der Waals surface area contributed by atoms with Crippen molar-refractivity contribution in [2.24, 2.45) is 5.92 Å². The Kier molecular flexibility index (Phi) is 6.98. The third kappa shape index (κ3) is 5.02. The molecule has 0 atom stereocenters. The minimum atomic E-state index is -0.0106. The number of nitrogens with zero attached hydrogens (tertiary/aromatic N) is 3. The number of amides is 2. The fraction of sp³-hybridized carbons (Fsp3) is 0.414. The van der Waals surface area contributed by atoms with Crippen molar-refractivity contribution >= 4 is 22.7 Å². The first-order valence-electron chi connectivity index (χ1n) is 12.8. The van der Waals surface area contributed by atoms with Gasteiger partial charge in [-0.15, -0.1) is 0 Å². The van der Waals surface area contributed by atoms with Crippen LogP contribution in [-0.4, -0.2) is 59.9 Å². The van der Waals surface area contributed by atoms with E-state index in [0.29, 0.717) is 24.4 Å². The molecule has 0 bridgehead atoms. The van der Waals surface area contributed by atoms with Gasteiger partial charge in [-0.2, -0.15) is 0 Å². The Balaban J connectivity index is 1.38. The maximum absolute atomic E-state index is 13.8. The first-order chi connectivity index (χ1) is 17.1. The van der Waals surface area contributed by atoms with Crippen LogP contribution in [0.15, 0.2) is 54.6 Å². The Morgan fingerprint density at radius 3 is 2.26 bits per heavy atom. The molecule has 0 N–H and O–H groups in total. The Labute approximate surface area is 206 Å². The summed E-state index contributed by atoms with van der Waals surface area (Å²) in [5.41, 5.74) is 3.14. The van der Waals surface area contributed by atoms with Gasteiger partial charge in [-0.05, 0) is 49.9 Å². The summed E-state index contributed by atoms with van der Waals surface area (Å²) in [6, 6.07) is 17.5. The van der Waals surface area contributed by atoms with Crippen LogP contribution in [0, 0.1) is 5.92 Å². The second kappa shape index (κ2) is 10.5. The van der Waals surface area contributed by atoms with Crippen molar-refractivity contribution in [1.82, 2.24) is 14.8 Å². The molecule has 2 saturated heterocycles. The average molecular weight is 472 g/mol. The molecule has 0 radical (unpaired) electrons. The monoisotopic (exact) mass is 471 g/mol. The number of piperidine rings is 1. The lowest BCUT2D eigenvalue weighted by Gasteiger charge is -2.34. The van der Waals surface area contributed by atoms with Crippen LogP contribution < -0.4 is 4.74 Å². The van der Waals surface area contributed by atoms with Crippen molar-refractivity contribution < 1.29 is 14.3 Å². The smallest absolute Gasteiger partial charge is 0.254 e. The predicted octanol–water partition coefficient (Wildman–Crippen LogP) is 5.17. The molecule has 1 aromatic heterocycles. The van der Waals surface area contributed by atoms with E-state index in [1.54, 1.807) is 7.11 Å². The van der Waals surface area contributed by atoms with Gasteiger partial charge in [0, 0.05) is 43.0 Å². The lowest BCUT2D eigenvalue weighted by atomic mass is 9.94. The normalized spacial score (nSPS) is 17.3. The second-order valence-corrected chi connectivity index (χ2v) is 9.61. The molecule has 0 aliphatic carbocycles. The summed E-state index contributed by atoms with van der Waals surface area (Å²) >= 11 is 0. The summed E-state index contributed by atoms with van der Waals surface area (Å²) in [5, 5.41) is 0.789. The summed E-state index contributed by atoms with van der Waals surface area (Å²) in [6.07, 6.45) is 6.08. The molecule has 3 aromatic rings. The third-order valence-electron chi connectivity index (χ3n) is 7.36. The van der Waals surface area contributed by atoms with Crippen LogP contribution in [0.1, 0.15) is 48.9 Å². The van der Waals surface area contributed by atoms with Crippen LogP contribution in [0.3, 0.4) is 0 Å². The Morgan fingerprint density at radius 2 is 1.57 bits per heavy atom. The molecular formula is C29H33N3O3. The highest BCUT2D eigenvalue weighted by Crippen LogP contribution is 2.30. The van der Waals surface area contributed by atoms with E-state index in [0.717, 1.165) is 60.9 Å². The molecule has 0 unspecified atom stereocenters. The van der Waals surface area contributed by atoms with E-state index in [1.165, 1.54) is 12.8 Å². The number of hydrogen-bond acceptors (Lipinski definition) is 4. The fourth-order valence-electron chi connectivity index (χ4n) is 5.31. The van der Waals surface area contributed by atoms with Crippen LogP contribution in [-0.2, 0) is 4.79 Å². The van der Waals surface area contributed by atoms with Gasteiger partial charge in [-0.1, -0.05) is 43.2 Å². The molecule has 0 spiro atoms. The van der Waals surface area contributed by atoms with Crippen molar-refractivity contribution in [1.29, 1.82) is 0 Å². The zero-order chi connectivity index (χ0) is 24.2. The fourth-order valence-corrected chi connectivity index (χ4v) is 5.31. The number of likely N-dealkylation sites (tertiary alicyclic amines) is 2. The van der Waals surface area contributed by atoms with Gasteiger partial charge < -0.3 is 14.5 Å². The summed E-state index contributed by atoms with van der Waals surface area (Å²) in [7, 11) is 1.63. The van der Waals surface area contributed by atoms with E-state index >= 15 is 0 Å². The number of fused-ring (bicyclic) bond motifs is 1. The Morgan fingerprint density at radius 1 is 0.857 bits per heavy atom. The van der Waals surface area contributed by atoms with Gasteiger partial charge in [-0.3, -0.25) is 9.59 Å². The van der Waals surface area contributed by atoms with Crippen LogP contribution in [0.25, 0.3) is 22.2 Å². The second-order valence-electron chi connectivity index (χ2n) is 9.61. The van der Waals surface area contributed by atoms with Crippen LogP contribution in [0.4, 0.5) is 0 Å². The molecule has 6 nitrogen and oxygen atoms in total. The van der Waals surface area contributed by atoms with Crippen LogP contribution >= 0.6 is 0 Å². The summed E-state index contributed by atoms with van der Waals surface area (Å²) in [6.45, 7) is 2.95. The molecule has 6 heteroatoms. The maximum Gasteiger partial charge on any atom is 0.254 e. The molecule has 0 saturated carbocycles. The number of hydrogen-bond donors (Lipinski definition) is 0. The third-order valence-corrected chi connectivity index (χ3v) is 7.36. The number of carbonyl (C=O) groups excluding carboxylic acids is 2. The highest BCUT2D eigenvalue weighted by molar-refractivity contribution is 6.07. The molecule has 2 aliphatic heterocycles. The molecule has 2 aliphatic rings. The Bertz CT molecular complexity index is 1190. The van der Waals surface area contributed by atoms with Crippen molar-refractivity contribution in [2.45, 2.75) is 38.5 Å². The molecule has 35 heavy (non-hydrogen) atoms. The highest BCUT2D eigenvalue weighted by Gasteiger charge is 2.31. The van der Waals surface area contributed by atoms with Gasteiger partial charge in [-0.25, -0.2) is 4.98 Å². The van der Waals surface area contributed by atoms with E-state index in [2.05, 4.69) is 4.90 Å². The number of aromatic nitrogens is 1. The lowest BCUT2D eigenvalue weighted by Crippen LogP contribution is -2.44. The quantitative estimate of drug-likeness (QED) is 0.527. The van der Waals surface area contributed by atoms with E-state index in [4.69, 9.17) is 9.72 Å². The minimum absolute atomic E-state index is 0.0106. The number of pyridine rings is 1. The van der Waals surface area contributed by atoms with Crippen molar-refractivity contribution in [3.8, 4) is 17.0 Å². The van der Waals surface area contributed by atoms with E-state index < -0.39 is 0 Å². The van der Waals surface area contributed by atoms with E-state index in [-0.39, 0.29) is 17.7 Å². The molecule has 5 rings (SSSR count). The molecule has 182 valence electrons. The summed E-state index contributed by atoms with van der Waals surface area (Å²) in [5.74, 6) is 0.988. The summed E-state index contributed by atoms with van der Waals surface area (Å²) < 4.78 is 5.43. The largest absolute Gasteiger partial charge is 0.497 e. The first-order valence-corrected chi connectivity index (χ1v) is 12.8. The maximum atomic E-state index is 13.8.